The van der Waals surface area contributed by atoms with Gasteiger partial charge in [-0.2, -0.15) is 0 Å². The summed E-state index contributed by atoms with van der Waals surface area (Å²) in [7, 11) is 0. The van der Waals surface area contributed by atoms with Crippen LogP contribution in [0.5, 0.6) is 0 Å². The number of fused-ring (bicyclic) bond motifs is 9. The smallest absolute Gasteiger partial charge is 0.0465 e. The van der Waals surface area contributed by atoms with Crippen molar-refractivity contribution in [1.82, 2.24) is 0 Å². The molecule has 0 saturated heterocycles. The standard InChI is InChI=1S/C71H58N2/c1-69(2)63-21-13-10-18-57(63)60-41-38-54(44-66(60)69)72(53-36-30-50(31-37-53)49-16-8-7-9-17-49)51-32-26-47(27-33-51)24-25-48-28-34-52(35-29-48)73(55-39-42-61-58-19-11-14-22-64(58)70(3,4)67(61)45-55)56-40-43-62-59-20-12-15-23-65(59)71(5,6)68(62)46-56/h7-46H,1-6H3. The normalized spacial score (nSPS) is 14.7. The van der Waals surface area contributed by atoms with Crippen LogP contribution in [0.25, 0.3) is 56.7 Å². The molecule has 0 saturated carbocycles. The lowest BCUT2D eigenvalue weighted by Crippen LogP contribution is -2.18. The number of benzene rings is 10. The van der Waals surface area contributed by atoms with Crippen LogP contribution in [0.15, 0.2) is 231 Å². The minimum Gasteiger partial charge on any atom is -0.310 e. The molecule has 3 aliphatic carbocycles. The Balaban J connectivity index is 0.826. The molecule has 0 bridgehead atoms. The minimum absolute atomic E-state index is 0.103. The van der Waals surface area contributed by atoms with Crippen molar-refractivity contribution in [3.8, 4) is 44.5 Å². The maximum absolute atomic E-state index is 2.45. The fourth-order valence-corrected chi connectivity index (χ4v) is 12.5. The average molecular weight is 939 g/mol. The molecule has 2 heteroatoms. The monoisotopic (exact) mass is 938 g/mol. The minimum atomic E-state index is -0.111. The lowest BCUT2D eigenvalue weighted by molar-refractivity contribution is 0.660. The Kier molecular flexibility index (Phi) is 10.3. The number of hydrogen-bond donors (Lipinski definition) is 0. The van der Waals surface area contributed by atoms with Crippen LogP contribution < -0.4 is 9.80 Å². The van der Waals surface area contributed by atoms with E-state index in [9.17, 15) is 0 Å². The van der Waals surface area contributed by atoms with Crippen molar-refractivity contribution in [2.45, 2.75) is 57.8 Å². The first-order chi connectivity index (χ1) is 35.4. The maximum Gasteiger partial charge on any atom is 0.0465 e. The summed E-state index contributed by atoms with van der Waals surface area (Å²) in [6.45, 7) is 14.2. The molecule has 0 fully saturated rings. The van der Waals surface area contributed by atoms with E-state index in [0.29, 0.717) is 0 Å². The van der Waals surface area contributed by atoms with E-state index in [1.54, 1.807) is 0 Å². The molecule has 3 aliphatic rings. The molecule has 0 heterocycles. The zero-order chi connectivity index (χ0) is 49.6. The molecule has 0 aliphatic heterocycles. The van der Waals surface area contributed by atoms with E-state index in [4.69, 9.17) is 0 Å². The van der Waals surface area contributed by atoms with Gasteiger partial charge in [0.05, 0.1) is 0 Å². The Labute approximate surface area is 431 Å². The molecule has 2 nitrogen and oxygen atoms in total. The molecule has 0 radical (unpaired) electrons. The van der Waals surface area contributed by atoms with Crippen LogP contribution in [0.4, 0.5) is 34.1 Å². The Morgan fingerprint density at radius 2 is 0.521 bits per heavy atom. The number of hydrogen-bond acceptors (Lipinski definition) is 2. The molecule has 352 valence electrons. The first-order valence-electron chi connectivity index (χ1n) is 25.8. The quantitative estimate of drug-likeness (QED) is 0.133. The highest BCUT2D eigenvalue weighted by molar-refractivity contribution is 5.90. The Morgan fingerprint density at radius 1 is 0.247 bits per heavy atom. The van der Waals surface area contributed by atoms with Gasteiger partial charge in [-0.05, 0) is 162 Å². The van der Waals surface area contributed by atoms with Gasteiger partial charge >= 0.3 is 0 Å². The van der Waals surface area contributed by atoms with E-state index >= 15 is 0 Å². The number of nitrogens with zero attached hydrogens (tertiary/aromatic N) is 2. The van der Waals surface area contributed by atoms with Gasteiger partial charge in [0.25, 0.3) is 0 Å². The number of anilines is 6. The van der Waals surface area contributed by atoms with Crippen molar-refractivity contribution in [3.05, 3.63) is 275 Å². The average Bonchev–Trinajstić information content (AvgIpc) is 3.91. The summed E-state index contributed by atoms with van der Waals surface area (Å²) >= 11 is 0. The molecular formula is C71H58N2. The van der Waals surface area contributed by atoms with Gasteiger partial charge in [-0.25, -0.2) is 0 Å². The van der Waals surface area contributed by atoms with Gasteiger partial charge in [-0.1, -0.05) is 211 Å². The van der Waals surface area contributed by atoms with Crippen molar-refractivity contribution in [2.75, 3.05) is 9.80 Å². The van der Waals surface area contributed by atoms with E-state index in [0.717, 1.165) is 45.3 Å². The SMILES string of the molecule is CC1(C)c2ccccc2-c2ccc(N(c3ccc(C=Cc4ccc(N(c5ccc6c(c5)C(C)(C)c5ccccc5-6)c5ccc6c(c5)C(C)(C)c5ccccc5-6)cc4)cc3)c3ccc(-c4ccccc4)cc3)cc21. The summed E-state index contributed by atoms with van der Waals surface area (Å²) in [5.74, 6) is 0. The molecule has 0 N–H and O–H groups in total. The van der Waals surface area contributed by atoms with Crippen molar-refractivity contribution in [3.63, 3.8) is 0 Å². The molecule has 0 spiro atoms. The molecule has 0 amide bonds. The third-order valence-electron chi connectivity index (χ3n) is 16.5. The fraction of sp³-hybridized carbons (Fsp3) is 0.127. The van der Waals surface area contributed by atoms with Crippen LogP contribution >= 0.6 is 0 Å². The molecule has 13 rings (SSSR count). The van der Waals surface area contributed by atoms with Gasteiger partial charge in [0, 0.05) is 50.4 Å². The third-order valence-corrected chi connectivity index (χ3v) is 16.5. The molecule has 10 aromatic rings. The highest BCUT2D eigenvalue weighted by atomic mass is 15.1. The second-order valence-electron chi connectivity index (χ2n) is 21.8. The summed E-state index contributed by atoms with van der Waals surface area (Å²) in [6, 6.07) is 85.5. The Hall–Kier alpha value is -8.46. The second kappa shape index (κ2) is 16.8. The van der Waals surface area contributed by atoms with Crippen LogP contribution in [0, 0.1) is 0 Å². The molecule has 0 atom stereocenters. The molecule has 0 unspecified atom stereocenters. The van der Waals surface area contributed by atoms with Gasteiger partial charge in [0.1, 0.15) is 0 Å². The zero-order valence-corrected chi connectivity index (χ0v) is 42.5. The molecule has 10 aromatic carbocycles. The number of rotatable bonds is 9. The molecular weight excluding hydrogens is 881 g/mol. The van der Waals surface area contributed by atoms with E-state index < -0.39 is 0 Å². The van der Waals surface area contributed by atoms with Crippen molar-refractivity contribution >= 4 is 46.3 Å². The first-order valence-corrected chi connectivity index (χ1v) is 25.8. The Morgan fingerprint density at radius 3 is 0.890 bits per heavy atom. The van der Waals surface area contributed by atoms with E-state index in [1.165, 1.54) is 77.9 Å². The van der Waals surface area contributed by atoms with Gasteiger partial charge in [0.15, 0.2) is 0 Å². The van der Waals surface area contributed by atoms with Gasteiger partial charge in [0.2, 0.25) is 0 Å². The first kappa shape index (κ1) is 44.5. The van der Waals surface area contributed by atoms with E-state index in [1.807, 2.05) is 0 Å². The van der Waals surface area contributed by atoms with Gasteiger partial charge < -0.3 is 9.80 Å². The lowest BCUT2D eigenvalue weighted by atomic mass is 9.82. The van der Waals surface area contributed by atoms with Crippen LogP contribution in [0.1, 0.15) is 86.1 Å². The van der Waals surface area contributed by atoms with Crippen LogP contribution in [-0.2, 0) is 16.2 Å². The summed E-state index contributed by atoms with van der Waals surface area (Å²) < 4.78 is 0. The predicted octanol–water partition coefficient (Wildman–Crippen LogP) is 19.4. The van der Waals surface area contributed by atoms with E-state index in [2.05, 4.69) is 294 Å². The van der Waals surface area contributed by atoms with Crippen molar-refractivity contribution in [1.29, 1.82) is 0 Å². The van der Waals surface area contributed by atoms with Crippen molar-refractivity contribution in [2.24, 2.45) is 0 Å². The van der Waals surface area contributed by atoms with Crippen molar-refractivity contribution < 1.29 is 0 Å². The second-order valence-corrected chi connectivity index (χ2v) is 21.8. The van der Waals surface area contributed by atoms with Crippen LogP contribution in [0.2, 0.25) is 0 Å². The van der Waals surface area contributed by atoms with Crippen LogP contribution in [-0.4, -0.2) is 0 Å². The van der Waals surface area contributed by atoms with E-state index in [-0.39, 0.29) is 16.2 Å². The lowest BCUT2D eigenvalue weighted by Gasteiger charge is -2.29. The maximum atomic E-state index is 2.45. The zero-order valence-electron chi connectivity index (χ0n) is 42.5. The van der Waals surface area contributed by atoms with Crippen LogP contribution in [0.3, 0.4) is 0 Å². The summed E-state index contributed by atoms with van der Waals surface area (Å²) in [5, 5.41) is 0. The summed E-state index contributed by atoms with van der Waals surface area (Å²) in [5.41, 5.74) is 27.4. The third kappa shape index (κ3) is 7.22. The largest absolute Gasteiger partial charge is 0.310 e. The Bertz CT molecular complexity index is 3690. The highest BCUT2D eigenvalue weighted by Crippen LogP contribution is 2.54. The molecule has 73 heavy (non-hydrogen) atoms. The summed E-state index contributed by atoms with van der Waals surface area (Å²) in [4.78, 5) is 4.85. The highest BCUT2D eigenvalue weighted by Gasteiger charge is 2.39. The summed E-state index contributed by atoms with van der Waals surface area (Å²) in [6.07, 6.45) is 4.46. The van der Waals surface area contributed by atoms with Gasteiger partial charge in [-0.3, -0.25) is 0 Å². The molecule has 0 aromatic heterocycles. The van der Waals surface area contributed by atoms with Gasteiger partial charge in [-0.15, -0.1) is 0 Å². The predicted molar refractivity (Wildman–Crippen MR) is 309 cm³/mol. The fourth-order valence-electron chi connectivity index (χ4n) is 12.5. The topological polar surface area (TPSA) is 6.48 Å².